The zero-order valence-electron chi connectivity index (χ0n) is 16.0. The van der Waals surface area contributed by atoms with E-state index in [-0.39, 0.29) is 11.4 Å². The summed E-state index contributed by atoms with van der Waals surface area (Å²) in [5.74, 6) is -1.18. The molecular formula is C21H20N6O2. The van der Waals surface area contributed by atoms with Crippen molar-refractivity contribution in [2.24, 2.45) is 10.2 Å². The molecule has 0 radical (unpaired) electrons. The summed E-state index contributed by atoms with van der Waals surface area (Å²) in [6.07, 6.45) is 1.27. The van der Waals surface area contributed by atoms with Crippen LogP contribution in [0, 0.1) is 0 Å². The molecule has 3 rings (SSSR count). The number of nitrogens with zero attached hydrogens (tertiary/aromatic N) is 3. The van der Waals surface area contributed by atoms with E-state index >= 15 is 0 Å². The molecule has 0 aliphatic heterocycles. The van der Waals surface area contributed by atoms with Crippen molar-refractivity contribution in [3.63, 3.8) is 0 Å². The first kappa shape index (κ1) is 19.7. The Kier molecular flexibility index (Phi) is 6.26. The minimum atomic E-state index is -0.601. The summed E-state index contributed by atoms with van der Waals surface area (Å²) in [4.78, 5) is 31.4. The van der Waals surface area contributed by atoms with E-state index in [4.69, 9.17) is 0 Å². The first-order valence-electron chi connectivity index (χ1n) is 8.89. The molecule has 3 N–H and O–H groups in total. The average molecular weight is 388 g/mol. The fourth-order valence-electron chi connectivity index (χ4n) is 2.51. The predicted octanol–water partition coefficient (Wildman–Crippen LogP) is 2.72. The fourth-order valence-corrected chi connectivity index (χ4v) is 2.51. The SMILES string of the molecule is CC(=NNC(=O)c1nc[nH]c1C(=O)NN=C(C)c1ccccc1)c1ccccc1. The van der Waals surface area contributed by atoms with Crippen LogP contribution >= 0.6 is 0 Å². The highest BCUT2D eigenvalue weighted by atomic mass is 16.2. The van der Waals surface area contributed by atoms with Crippen LogP contribution in [0.25, 0.3) is 0 Å². The number of carbonyl (C=O) groups excluding carboxylic acids is 2. The lowest BCUT2D eigenvalue weighted by Gasteiger charge is -2.04. The van der Waals surface area contributed by atoms with E-state index < -0.39 is 11.8 Å². The maximum Gasteiger partial charge on any atom is 0.292 e. The summed E-state index contributed by atoms with van der Waals surface area (Å²) in [6, 6.07) is 18.8. The molecule has 0 aliphatic carbocycles. The second kappa shape index (κ2) is 9.23. The van der Waals surface area contributed by atoms with Crippen molar-refractivity contribution >= 4 is 23.2 Å². The highest BCUT2D eigenvalue weighted by Crippen LogP contribution is 2.05. The third kappa shape index (κ3) is 5.01. The van der Waals surface area contributed by atoms with Gasteiger partial charge in [-0.3, -0.25) is 9.59 Å². The van der Waals surface area contributed by atoms with Gasteiger partial charge in [-0.05, 0) is 25.0 Å². The molecular weight excluding hydrogens is 368 g/mol. The number of nitrogens with one attached hydrogen (secondary N) is 3. The lowest BCUT2D eigenvalue weighted by molar-refractivity contribution is 0.0915. The predicted molar refractivity (Wildman–Crippen MR) is 111 cm³/mol. The quantitative estimate of drug-likeness (QED) is 0.446. The molecule has 2 aromatic carbocycles. The van der Waals surface area contributed by atoms with E-state index in [0.717, 1.165) is 11.1 Å². The Labute approximate surface area is 167 Å². The molecule has 1 heterocycles. The highest BCUT2D eigenvalue weighted by Gasteiger charge is 2.20. The zero-order valence-corrected chi connectivity index (χ0v) is 16.0. The topological polar surface area (TPSA) is 112 Å². The van der Waals surface area contributed by atoms with Gasteiger partial charge in [-0.1, -0.05) is 60.7 Å². The zero-order chi connectivity index (χ0) is 20.6. The van der Waals surface area contributed by atoms with Crippen molar-refractivity contribution < 1.29 is 9.59 Å². The van der Waals surface area contributed by atoms with E-state index in [1.165, 1.54) is 6.33 Å². The fraction of sp³-hybridized carbons (Fsp3) is 0.0952. The normalized spacial score (nSPS) is 11.8. The van der Waals surface area contributed by atoms with Gasteiger partial charge in [0.2, 0.25) is 0 Å². The second-order valence-electron chi connectivity index (χ2n) is 6.13. The number of H-pyrrole nitrogens is 1. The smallest absolute Gasteiger partial charge is 0.292 e. The Morgan fingerprint density at radius 1 is 0.793 bits per heavy atom. The number of amides is 2. The Balaban J connectivity index is 1.68. The number of benzene rings is 2. The number of carbonyl (C=O) groups is 2. The first-order chi connectivity index (χ1) is 14.1. The average Bonchev–Trinajstić information content (AvgIpc) is 3.26. The van der Waals surface area contributed by atoms with Crippen LogP contribution < -0.4 is 10.9 Å². The Bertz CT molecular complexity index is 971. The summed E-state index contributed by atoms with van der Waals surface area (Å²) in [5, 5.41) is 8.14. The van der Waals surface area contributed by atoms with Crippen LogP contribution in [0.1, 0.15) is 46.0 Å². The van der Waals surface area contributed by atoms with Crippen LogP contribution in [0.5, 0.6) is 0 Å². The first-order valence-corrected chi connectivity index (χ1v) is 8.89. The van der Waals surface area contributed by atoms with Gasteiger partial charge in [-0.2, -0.15) is 10.2 Å². The van der Waals surface area contributed by atoms with Crippen molar-refractivity contribution in [2.75, 3.05) is 0 Å². The molecule has 29 heavy (non-hydrogen) atoms. The molecule has 0 spiro atoms. The minimum absolute atomic E-state index is 0.000300. The molecule has 1 aromatic heterocycles. The van der Waals surface area contributed by atoms with Crippen molar-refractivity contribution in [1.29, 1.82) is 0 Å². The van der Waals surface area contributed by atoms with Gasteiger partial charge in [0.1, 0.15) is 5.69 Å². The van der Waals surface area contributed by atoms with Crippen LogP contribution in [0.2, 0.25) is 0 Å². The standard InChI is InChI=1S/C21H20N6O2/c1-14(16-9-5-3-6-10-16)24-26-20(28)18-19(23-13-22-18)21(29)27-25-15(2)17-11-7-4-8-12-17/h3-13H,1-2H3,(H,22,23)(H,26,28)(H,27,29). The van der Waals surface area contributed by atoms with E-state index in [1.807, 2.05) is 60.7 Å². The van der Waals surface area contributed by atoms with E-state index in [1.54, 1.807) is 13.8 Å². The molecule has 0 saturated heterocycles. The molecule has 0 saturated carbocycles. The van der Waals surface area contributed by atoms with Gasteiger partial charge in [0.15, 0.2) is 5.69 Å². The third-order valence-corrected chi connectivity index (χ3v) is 4.11. The van der Waals surface area contributed by atoms with E-state index in [0.29, 0.717) is 11.4 Å². The summed E-state index contributed by atoms with van der Waals surface area (Å²) >= 11 is 0. The Morgan fingerprint density at radius 3 is 1.79 bits per heavy atom. The van der Waals surface area contributed by atoms with E-state index in [2.05, 4.69) is 31.0 Å². The number of aromatic amines is 1. The van der Waals surface area contributed by atoms with Crippen molar-refractivity contribution in [2.45, 2.75) is 13.8 Å². The van der Waals surface area contributed by atoms with E-state index in [9.17, 15) is 9.59 Å². The van der Waals surface area contributed by atoms with Crippen LogP contribution in [-0.4, -0.2) is 33.2 Å². The number of aromatic nitrogens is 2. The summed E-state index contributed by atoms with van der Waals surface area (Å²) < 4.78 is 0. The summed E-state index contributed by atoms with van der Waals surface area (Å²) in [7, 11) is 0. The summed E-state index contributed by atoms with van der Waals surface area (Å²) in [6.45, 7) is 3.55. The van der Waals surface area contributed by atoms with Gasteiger partial charge in [0.25, 0.3) is 11.8 Å². The van der Waals surface area contributed by atoms with Gasteiger partial charge in [0.05, 0.1) is 17.8 Å². The van der Waals surface area contributed by atoms with Gasteiger partial charge >= 0.3 is 0 Å². The molecule has 0 unspecified atom stereocenters. The highest BCUT2D eigenvalue weighted by molar-refractivity contribution is 6.06. The minimum Gasteiger partial charge on any atom is -0.340 e. The van der Waals surface area contributed by atoms with Gasteiger partial charge in [-0.15, -0.1) is 0 Å². The molecule has 0 bridgehead atoms. The molecule has 0 fully saturated rings. The monoisotopic (exact) mass is 388 g/mol. The van der Waals surface area contributed by atoms with Crippen LogP contribution in [0.4, 0.5) is 0 Å². The van der Waals surface area contributed by atoms with Gasteiger partial charge in [-0.25, -0.2) is 15.8 Å². The maximum atomic E-state index is 12.4. The lowest BCUT2D eigenvalue weighted by atomic mass is 10.1. The molecule has 146 valence electrons. The number of imidazole rings is 1. The molecule has 0 aliphatic rings. The lowest BCUT2D eigenvalue weighted by Crippen LogP contribution is -2.26. The Hall–Kier alpha value is -4.07. The molecule has 8 nitrogen and oxygen atoms in total. The largest absolute Gasteiger partial charge is 0.340 e. The van der Waals surface area contributed by atoms with Crippen molar-refractivity contribution in [3.05, 3.63) is 89.5 Å². The van der Waals surface area contributed by atoms with Gasteiger partial charge in [0, 0.05) is 0 Å². The van der Waals surface area contributed by atoms with Crippen LogP contribution in [-0.2, 0) is 0 Å². The van der Waals surface area contributed by atoms with Crippen LogP contribution in [0.3, 0.4) is 0 Å². The maximum absolute atomic E-state index is 12.4. The Morgan fingerprint density at radius 2 is 1.28 bits per heavy atom. The third-order valence-electron chi connectivity index (χ3n) is 4.11. The number of hydrazone groups is 2. The number of hydrogen-bond donors (Lipinski definition) is 3. The number of rotatable bonds is 6. The van der Waals surface area contributed by atoms with Crippen LogP contribution in [0.15, 0.2) is 77.2 Å². The van der Waals surface area contributed by atoms with Gasteiger partial charge < -0.3 is 4.98 Å². The van der Waals surface area contributed by atoms with Crippen molar-refractivity contribution in [3.8, 4) is 0 Å². The summed E-state index contributed by atoms with van der Waals surface area (Å²) in [5.41, 5.74) is 7.79. The number of hydrogen-bond acceptors (Lipinski definition) is 5. The second-order valence-corrected chi connectivity index (χ2v) is 6.13. The molecule has 0 atom stereocenters. The van der Waals surface area contributed by atoms with Crippen molar-refractivity contribution in [1.82, 2.24) is 20.8 Å². The molecule has 3 aromatic rings. The molecule has 2 amide bonds. The molecule has 8 heteroatoms.